The summed E-state index contributed by atoms with van der Waals surface area (Å²) < 4.78 is 1.37. The molecule has 2 aromatic carbocycles. The van der Waals surface area contributed by atoms with E-state index in [1.807, 2.05) is 54.6 Å². The van der Waals surface area contributed by atoms with E-state index in [0.717, 1.165) is 15.5 Å². The Morgan fingerprint density at radius 3 is 2.56 bits per heavy atom. The standard InChI is InChI=1S/C17H17N5OS2/c1-12-20-21-17(22(12)18)24-11-16(23)19-14-9-5-6-10-15(14)25-13-7-3-2-4-8-13/h2-10H,11,18H2,1H3,(H,19,23). The molecule has 0 unspecified atom stereocenters. The van der Waals surface area contributed by atoms with Crippen LogP contribution < -0.4 is 11.2 Å². The molecule has 0 saturated heterocycles. The monoisotopic (exact) mass is 371 g/mol. The van der Waals surface area contributed by atoms with Gasteiger partial charge >= 0.3 is 0 Å². The van der Waals surface area contributed by atoms with Crippen LogP contribution in [0, 0.1) is 6.92 Å². The van der Waals surface area contributed by atoms with E-state index in [0.29, 0.717) is 11.0 Å². The van der Waals surface area contributed by atoms with Crippen LogP contribution in [0.3, 0.4) is 0 Å². The second-order valence-electron chi connectivity index (χ2n) is 5.15. The Bertz CT molecular complexity index is 866. The number of thioether (sulfide) groups is 1. The average Bonchev–Trinajstić information content (AvgIpc) is 2.94. The van der Waals surface area contributed by atoms with Crippen LogP contribution in [0.1, 0.15) is 5.82 Å². The van der Waals surface area contributed by atoms with Crippen molar-refractivity contribution in [3.05, 3.63) is 60.4 Å². The Morgan fingerprint density at radius 1 is 1.12 bits per heavy atom. The lowest BCUT2D eigenvalue weighted by molar-refractivity contribution is -0.113. The fourth-order valence-corrected chi connectivity index (χ4v) is 3.66. The molecule has 128 valence electrons. The van der Waals surface area contributed by atoms with E-state index in [1.54, 1.807) is 18.7 Å². The number of carbonyl (C=O) groups excluding carboxylic acids is 1. The number of nitrogen functional groups attached to an aromatic ring is 1. The van der Waals surface area contributed by atoms with Crippen LogP contribution in [0.25, 0.3) is 0 Å². The number of para-hydroxylation sites is 1. The molecule has 0 atom stereocenters. The molecule has 1 amide bonds. The zero-order valence-electron chi connectivity index (χ0n) is 13.5. The first-order valence-electron chi connectivity index (χ1n) is 7.55. The molecule has 0 bridgehead atoms. The van der Waals surface area contributed by atoms with Gasteiger partial charge in [0.25, 0.3) is 0 Å². The first-order valence-corrected chi connectivity index (χ1v) is 9.35. The molecule has 3 N–H and O–H groups in total. The molecule has 3 aromatic rings. The summed E-state index contributed by atoms with van der Waals surface area (Å²) in [6.45, 7) is 1.76. The van der Waals surface area contributed by atoms with Gasteiger partial charge in [-0.25, -0.2) is 4.68 Å². The Morgan fingerprint density at radius 2 is 1.84 bits per heavy atom. The predicted octanol–water partition coefficient (Wildman–Crippen LogP) is 3.18. The molecule has 0 fully saturated rings. The van der Waals surface area contributed by atoms with Crippen LogP contribution in [-0.2, 0) is 4.79 Å². The maximum Gasteiger partial charge on any atom is 0.234 e. The summed E-state index contributed by atoms with van der Waals surface area (Å²) in [7, 11) is 0. The van der Waals surface area contributed by atoms with Gasteiger partial charge in [0, 0.05) is 9.79 Å². The van der Waals surface area contributed by atoms with Gasteiger partial charge < -0.3 is 11.2 Å². The number of nitrogens with one attached hydrogen (secondary N) is 1. The van der Waals surface area contributed by atoms with E-state index in [9.17, 15) is 4.79 Å². The smallest absolute Gasteiger partial charge is 0.234 e. The highest BCUT2D eigenvalue weighted by molar-refractivity contribution is 8.00. The van der Waals surface area contributed by atoms with Crippen molar-refractivity contribution < 1.29 is 4.79 Å². The molecule has 1 aromatic heterocycles. The Labute approximate surface area is 154 Å². The van der Waals surface area contributed by atoms with Crippen molar-refractivity contribution in [2.45, 2.75) is 21.9 Å². The van der Waals surface area contributed by atoms with Gasteiger partial charge in [-0.05, 0) is 31.2 Å². The zero-order chi connectivity index (χ0) is 17.6. The molecule has 0 saturated carbocycles. The highest BCUT2D eigenvalue weighted by atomic mass is 32.2. The molecule has 0 spiro atoms. The van der Waals surface area contributed by atoms with E-state index >= 15 is 0 Å². The molecular weight excluding hydrogens is 354 g/mol. The Balaban J connectivity index is 1.64. The van der Waals surface area contributed by atoms with Crippen molar-refractivity contribution in [1.82, 2.24) is 14.9 Å². The molecule has 1 heterocycles. The fraction of sp³-hybridized carbons (Fsp3) is 0.118. The van der Waals surface area contributed by atoms with Crippen LogP contribution in [0.2, 0.25) is 0 Å². The molecule has 0 radical (unpaired) electrons. The predicted molar refractivity (Wildman–Crippen MR) is 101 cm³/mol. The molecular formula is C17H17N5OS2. The number of nitrogens with two attached hydrogens (primary N) is 1. The number of carbonyl (C=O) groups is 1. The van der Waals surface area contributed by atoms with Crippen molar-refractivity contribution in [1.29, 1.82) is 0 Å². The van der Waals surface area contributed by atoms with Gasteiger partial charge in [0.2, 0.25) is 11.1 Å². The van der Waals surface area contributed by atoms with E-state index in [2.05, 4.69) is 15.5 Å². The Hall–Kier alpha value is -2.45. The summed E-state index contributed by atoms with van der Waals surface area (Å²) in [5, 5.41) is 11.3. The summed E-state index contributed by atoms with van der Waals surface area (Å²) in [6, 6.07) is 17.8. The van der Waals surface area contributed by atoms with Gasteiger partial charge in [0.15, 0.2) is 0 Å². The zero-order valence-corrected chi connectivity index (χ0v) is 15.2. The van der Waals surface area contributed by atoms with E-state index < -0.39 is 0 Å². The van der Waals surface area contributed by atoms with Gasteiger partial charge in [0.1, 0.15) is 5.82 Å². The number of benzene rings is 2. The lowest BCUT2D eigenvalue weighted by atomic mass is 10.3. The van der Waals surface area contributed by atoms with Crippen LogP contribution >= 0.6 is 23.5 Å². The van der Waals surface area contributed by atoms with Crippen LogP contribution in [0.5, 0.6) is 0 Å². The van der Waals surface area contributed by atoms with Crippen molar-refractivity contribution in [2.75, 3.05) is 16.9 Å². The van der Waals surface area contributed by atoms with Gasteiger partial charge in [-0.2, -0.15) is 0 Å². The van der Waals surface area contributed by atoms with Crippen LogP contribution in [-0.4, -0.2) is 26.5 Å². The first kappa shape index (κ1) is 17.4. The largest absolute Gasteiger partial charge is 0.336 e. The number of nitrogens with zero attached hydrogens (tertiary/aromatic N) is 3. The minimum absolute atomic E-state index is 0.119. The summed E-state index contributed by atoms with van der Waals surface area (Å²) in [6.07, 6.45) is 0. The topological polar surface area (TPSA) is 85.8 Å². The number of amides is 1. The minimum atomic E-state index is -0.119. The number of hydrogen-bond acceptors (Lipinski definition) is 6. The normalized spacial score (nSPS) is 10.6. The van der Waals surface area contributed by atoms with Crippen LogP contribution in [0.15, 0.2) is 69.5 Å². The van der Waals surface area contributed by atoms with Crippen molar-refractivity contribution in [3.8, 4) is 0 Å². The summed E-state index contributed by atoms with van der Waals surface area (Å²) in [4.78, 5) is 14.4. The molecule has 25 heavy (non-hydrogen) atoms. The van der Waals surface area contributed by atoms with Gasteiger partial charge in [-0.1, -0.05) is 53.9 Å². The molecule has 0 aliphatic carbocycles. The van der Waals surface area contributed by atoms with Gasteiger partial charge in [-0.3, -0.25) is 4.79 Å². The second-order valence-corrected chi connectivity index (χ2v) is 7.21. The number of anilines is 1. The first-order chi connectivity index (χ1) is 12.1. The highest BCUT2D eigenvalue weighted by Gasteiger charge is 2.11. The quantitative estimate of drug-likeness (QED) is 0.511. The third kappa shape index (κ3) is 4.55. The molecule has 0 aliphatic heterocycles. The lowest BCUT2D eigenvalue weighted by Crippen LogP contribution is -2.16. The Kier molecular flexibility index (Phi) is 5.62. The van der Waals surface area contributed by atoms with E-state index in [4.69, 9.17) is 5.84 Å². The summed E-state index contributed by atoms with van der Waals surface area (Å²) in [5.74, 6) is 6.48. The summed E-state index contributed by atoms with van der Waals surface area (Å²) >= 11 is 2.86. The number of hydrogen-bond donors (Lipinski definition) is 2. The third-order valence-corrected chi connectivity index (χ3v) is 5.33. The van der Waals surface area contributed by atoms with Crippen molar-refractivity contribution in [2.24, 2.45) is 0 Å². The minimum Gasteiger partial charge on any atom is -0.336 e. The molecule has 6 nitrogen and oxygen atoms in total. The number of rotatable bonds is 6. The maximum absolute atomic E-state index is 12.3. The lowest BCUT2D eigenvalue weighted by Gasteiger charge is -2.10. The summed E-state index contributed by atoms with van der Waals surface area (Å²) in [5.41, 5.74) is 0.785. The average molecular weight is 371 g/mol. The fourth-order valence-electron chi connectivity index (χ4n) is 2.04. The number of aromatic nitrogens is 3. The molecule has 8 heteroatoms. The van der Waals surface area contributed by atoms with E-state index in [1.165, 1.54) is 16.4 Å². The van der Waals surface area contributed by atoms with Crippen molar-refractivity contribution >= 4 is 35.1 Å². The third-order valence-electron chi connectivity index (χ3n) is 3.30. The number of aryl methyl sites for hydroxylation is 1. The van der Waals surface area contributed by atoms with Gasteiger partial charge in [0.05, 0.1) is 11.4 Å². The van der Waals surface area contributed by atoms with E-state index in [-0.39, 0.29) is 11.7 Å². The van der Waals surface area contributed by atoms with Crippen molar-refractivity contribution in [3.63, 3.8) is 0 Å². The maximum atomic E-state index is 12.3. The second kappa shape index (κ2) is 8.09. The van der Waals surface area contributed by atoms with Gasteiger partial charge in [-0.15, -0.1) is 10.2 Å². The highest BCUT2D eigenvalue weighted by Crippen LogP contribution is 2.33. The SMILES string of the molecule is Cc1nnc(SCC(=O)Nc2ccccc2Sc2ccccc2)n1N. The molecule has 3 rings (SSSR count). The molecule has 0 aliphatic rings. The van der Waals surface area contributed by atoms with Crippen LogP contribution in [0.4, 0.5) is 5.69 Å².